The summed E-state index contributed by atoms with van der Waals surface area (Å²) in [6.45, 7) is 6.95. The third-order valence-corrected chi connectivity index (χ3v) is 6.29. The molecular weight excluding hydrogens is 294 g/mol. The van der Waals surface area contributed by atoms with E-state index in [2.05, 4.69) is 23.7 Å². The number of aryl methyl sites for hydroxylation is 2. The highest BCUT2D eigenvalue weighted by atomic mass is 32.2. The van der Waals surface area contributed by atoms with Gasteiger partial charge in [-0.15, -0.1) is 11.3 Å². The molecule has 7 heteroatoms. The lowest BCUT2D eigenvalue weighted by molar-refractivity contribution is 0.257. The smallest absolute Gasteiger partial charge is 0.213 e. The zero-order valence-electron chi connectivity index (χ0n) is 13.2. The molecular formula is C13H25N3O2S2. The van der Waals surface area contributed by atoms with E-state index in [1.54, 1.807) is 25.4 Å². The molecule has 1 aromatic heterocycles. The fourth-order valence-corrected chi connectivity index (χ4v) is 3.78. The summed E-state index contributed by atoms with van der Waals surface area (Å²) in [6, 6.07) is 0.210. The van der Waals surface area contributed by atoms with Gasteiger partial charge in [0, 0.05) is 19.0 Å². The first-order valence-corrected chi connectivity index (χ1v) is 9.12. The van der Waals surface area contributed by atoms with Crippen molar-refractivity contribution in [3.05, 3.63) is 15.6 Å². The maximum atomic E-state index is 11.7. The van der Waals surface area contributed by atoms with Crippen LogP contribution in [0, 0.1) is 13.8 Å². The topological polar surface area (TPSA) is 53.5 Å². The van der Waals surface area contributed by atoms with Crippen molar-refractivity contribution in [3.8, 4) is 0 Å². The molecule has 0 bridgehead atoms. The van der Waals surface area contributed by atoms with Crippen LogP contribution in [0.1, 0.15) is 35.0 Å². The molecule has 0 fully saturated rings. The molecule has 0 amide bonds. The molecule has 0 aliphatic carbocycles. The van der Waals surface area contributed by atoms with Crippen LogP contribution in [-0.4, -0.2) is 56.0 Å². The number of hydrogen-bond donors (Lipinski definition) is 0. The highest BCUT2D eigenvalue weighted by molar-refractivity contribution is 7.89. The molecule has 1 atom stereocenters. The largest absolute Gasteiger partial charge is 0.298 e. The highest BCUT2D eigenvalue weighted by Crippen LogP contribution is 2.25. The summed E-state index contributed by atoms with van der Waals surface area (Å²) in [4.78, 5) is 7.96. The van der Waals surface area contributed by atoms with Crippen molar-refractivity contribution in [1.29, 1.82) is 0 Å². The van der Waals surface area contributed by atoms with E-state index in [1.807, 2.05) is 14.0 Å². The second-order valence-electron chi connectivity index (χ2n) is 5.28. The first kappa shape index (κ1) is 17.6. The van der Waals surface area contributed by atoms with E-state index in [-0.39, 0.29) is 11.8 Å². The van der Waals surface area contributed by atoms with E-state index in [0.29, 0.717) is 6.42 Å². The Kier molecular flexibility index (Phi) is 6.12. The zero-order chi connectivity index (χ0) is 15.5. The summed E-state index contributed by atoms with van der Waals surface area (Å²) in [6.07, 6.45) is 0.628. The van der Waals surface area contributed by atoms with E-state index < -0.39 is 10.0 Å². The monoisotopic (exact) mass is 319 g/mol. The van der Waals surface area contributed by atoms with Crippen molar-refractivity contribution >= 4 is 21.4 Å². The minimum Gasteiger partial charge on any atom is -0.298 e. The fraction of sp³-hybridized carbons (Fsp3) is 0.769. The van der Waals surface area contributed by atoms with Gasteiger partial charge >= 0.3 is 0 Å². The van der Waals surface area contributed by atoms with Gasteiger partial charge in [0.25, 0.3) is 0 Å². The van der Waals surface area contributed by atoms with Gasteiger partial charge in [-0.05, 0) is 40.8 Å². The van der Waals surface area contributed by atoms with Gasteiger partial charge in [-0.2, -0.15) is 0 Å². The van der Waals surface area contributed by atoms with Gasteiger partial charge in [0.05, 0.1) is 22.5 Å². The molecule has 0 aromatic carbocycles. The van der Waals surface area contributed by atoms with Crippen molar-refractivity contribution in [3.63, 3.8) is 0 Å². The van der Waals surface area contributed by atoms with Gasteiger partial charge < -0.3 is 0 Å². The summed E-state index contributed by atoms with van der Waals surface area (Å²) in [5.41, 5.74) is 1.10. The number of sulfonamides is 1. The molecule has 0 aliphatic rings. The molecule has 1 heterocycles. The van der Waals surface area contributed by atoms with Gasteiger partial charge in [-0.3, -0.25) is 4.90 Å². The normalized spacial score (nSPS) is 14.2. The van der Waals surface area contributed by atoms with Crippen LogP contribution in [0.4, 0.5) is 0 Å². The molecule has 0 aliphatic heterocycles. The van der Waals surface area contributed by atoms with Crippen LogP contribution in [-0.2, 0) is 10.0 Å². The minimum atomic E-state index is -3.10. The Morgan fingerprint density at radius 1 is 1.25 bits per heavy atom. The first-order valence-electron chi connectivity index (χ1n) is 6.69. The van der Waals surface area contributed by atoms with Crippen LogP contribution in [0.25, 0.3) is 0 Å². The summed E-state index contributed by atoms with van der Waals surface area (Å²) in [5.74, 6) is 0.187. The van der Waals surface area contributed by atoms with Crippen LogP contribution in [0.15, 0.2) is 0 Å². The highest BCUT2D eigenvalue weighted by Gasteiger charge is 2.19. The second-order valence-corrected chi connectivity index (χ2v) is 8.99. The SMILES string of the molecule is Cc1nc([C@H](C)N(C)CCCS(=O)(=O)N(C)C)c(C)s1. The van der Waals surface area contributed by atoms with Crippen molar-refractivity contribution in [2.24, 2.45) is 0 Å². The Bertz CT molecular complexity index is 538. The average Bonchev–Trinajstić information content (AvgIpc) is 2.66. The molecule has 1 rings (SSSR count). The summed E-state index contributed by atoms with van der Waals surface area (Å²) < 4.78 is 24.7. The third-order valence-electron chi connectivity index (χ3n) is 3.47. The number of aromatic nitrogens is 1. The van der Waals surface area contributed by atoms with Crippen LogP contribution < -0.4 is 0 Å². The average molecular weight is 319 g/mol. The van der Waals surface area contributed by atoms with E-state index in [0.717, 1.165) is 17.2 Å². The predicted molar refractivity (Wildman–Crippen MR) is 84.7 cm³/mol. The lowest BCUT2D eigenvalue weighted by Gasteiger charge is -2.24. The summed E-state index contributed by atoms with van der Waals surface area (Å²) >= 11 is 1.71. The molecule has 0 unspecified atom stereocenters. The maximum absolute atomic E-state index is 11.7. The van der Waals surface area contributed by atoms with Crippen LogP contribution in [0.3, 0.4) is 0 Å². The molecule has 0 N–H and O–H groups in total. The molecule has 5 nitrogen and oxygen atoms in total. The minimum absolute atomic E-state index is 0.187. The Labute approximate surface area is 126 Å². The van der Waals surface area contributed by atoms with Crippen molar-refractivity contribution < 1.29 is 8.42 Å². The van der Waals surface area contributed by atoms with E-state index in [1.165, 1.54) is 9.18 Å². The molecule has 0 saturated carbocycles. The third kappa shape index (κ3) is 4.51. The standard InChI is InChI=1S/C13H25N3O2S2/c1-10(13-11(2)19-12(3)14-13)16(6)8-7-9-20(17,18)15(4)5/h10H,7-9H2,1-6H3/t10-/m0/s1. The van der Waals surface area contributed by atoms with Gasteiger partial charge in [-0.25, -0.2) is 17.7 Å². The maximum Gasteiger partial charge on any atom is 0.213 e. The predicted octanol–water partition coefficient (Wildman–Crippen LogP) is 2.03. The number of hydrogen-bond acceptors (Lipinski definition) is 5. The Morgan fingerprint density at radius 3 is 2.30 bits per heavy atom. The summed E-state index contributed by atoms with van der Waals surface area (Å²) in [5, 5.41) is 1.08. The number of rotatable bonds is 7. The van der Waals surface area contributed by atoms with Crippen molar-refractivity contribution in [2.45, 2.75) is 33.2 Å². The molecule has 116 valence electrons. The molecule has 1 aromatic rings. The number of nitrogens with zero attached hydrogens (tertiary/aromatic N) is 3. The lowest BCUT2D eigenvalue weighted by Crippen LogP contribution is -2.29. The van der Waals surface area contributed by atoms with Crippen LogP contribution in [0.2, 0.25) is 0 Å². The molecule has 0 saturated heterocycles. The molecule has 0 spiro atoms. The Balaban J connectivity index is 2.55. The van der Waals surface area contributed by atoms with Crippen molar-refractivity contribution in [1.82, 2.24) is 14.2 Å². The van der Waals surface area contributed by atoms with Gasteiger partial charge in [0.2, 0.25) is 10.0 Å². The van der Waals surface area contributed by atoms with Crippen molar-refractivity contribution in [2.75, 3.05) is 33.4 Å². The van der Waals surface area contributed by atoms with E-state index in [9.17, 15) is 8.42 Å². The Morgan fingerprint density at radius 2 is 1.85 bits per heavy atom. The molecule has 20 heavy (non-hydrogen) atoms. The zero-order valence-corrected chi connectivity index (χ0v) is 14.8. The first-order chi connectivity index (χ1) is 9.15. The quantitative estimate of drug-likeness (QED) is 0.772. The lowest BCUT2D eigenvalue weighted by atomic mass is 10.2. The Hall–Kier alpha value is -0.500. The van der Waals surface area contributed by atoms with Gasteiger partial charge in [0.1, 0.15) is 0 Å². The van der Waals surface area contributed by atoms with E-state index >= 15 is 0 Å². The fourth-order valence-electron chi connectivity index (χ4n) is 2.01. The second kappa shape index (κ2) is 6.98. The van der Waals surface area contributed by atoms with E-state index in [4.69, 9.17) is 0 Å². The van der Waals surface area contributed by atoms with Gasteiger partial charge in [0.15, 0.2) is 0 Å². The number of thiazole rings is 1. The van der Waals surface area contributed by atoms with Crippen LogP contribution >= 0.6 is 11.3 Å². The molecule has 0 radical (unpaired) electrons. The summed E-state index contributed by atoms with van der Waals surface area (Å²) in [7, 11) is 2.06. The van der Waals surface area contributed by atoms with Gasteiger partial charge in [-0.1, -0.05) is 0 Å². The van der Waals surface area contributed by atoms with Crippen LogP contribution in [0.5, 0.6) is 0 Å².